The number of rotatable bonds is 4. The summed E-state index contributed by atoms with van der Waals surface area (Å²) in [6, 6.07) is 6.93. The lowest BCUT2D eigenvalue weighted by Crippen LogP contribution is -2.44. The first-order chi connectivity index (χ1) is 17.6. The molecule has 0 saturated carbocycles. The van der Waals surface area contributed by atoms with Crippen LogP contribution >= 0.6 is 23.2 Å². The standard InChI is InChI=1S/C25H23Cl2F4N3O3/c26-19-8-17(9-20(27)22(19)28)24(25(29,30)31)10-21(33-37-24)34-12-15-5-4-14(7-16(15)13-34)23(35)32-11-18-3-1-2-6-36-18/h4-5,7-9,18H,1-3,6,10-13H2,(H,32,35). The Morgan fingerprint density at radius 2 is 1.86 bits per heavy atom. The van der Waals surface area contributed by atoms with Gasteiger partial charge in [-0.05, 0) is 54.7 Å². The number of nitrogens with one attached hydrogen (secondary N) is 1. The van der Waals surface area contributed by atoms with Crippen LogP contribution in [-0.4, -0.2) is 42.1 Å². The number of fused-ring (bicyclic) bond motifs is 1. The number of nitrogens with zero attached hydrogens (tertiary/aromatic N) is 2. The van der Waals surface area contributed by atoms with Crippen molar-refractivity contribution in [3.8, 4) is 0 Å². The fourth-order valence-electron chi connectivity index (χ4n) is 4.84. The predicted octanol–water partition coefficient (Wildman–Crippen LogP) is 5.94. The van der Waals surface area contributed by atoms with E-state index in [1.165, 1.54) is 0 Å². The Hall–Kier alpha value is -2.56. The minimum Gasteiger partial charge on any atom is -0.376 e. The van der Waals surface area contributed by atoms with Gasteiger partial charge in [-0.15, -0.1) is 0 Å². The number of amidine groups is 1. The van der Waals surface area contributed by atoms with Gasteiger partial charge in [-0.3, -0.25) is 4.79 Å². The van der Waals surface area contributed by atoms with Gasteiger partial charge >= 0.3 is 6.18 Å². The number of benzene rings is 2. The Morgan fingerprint density at radius 1 is 1.14 bits per heavy atom. The lowest BCUT2D eigenvalue weighted by Gasteiger charge is -2.30. The molecule has 2 aromatic carbocycles. The zero-order valence-corrected chi connectivity index (χ0v) is 21.0. The van der Waals surface area contributed by atoms with Crippen LogP contribution in [-0.2, 0) is 28.3 Å². The summed E-state index contributed by atoms with van der Waals surface area (Å²) in [7, 11) is 0. The molecule has 0 aromatic heterocycles. The van der Waals surface area contributed by atoms with Crippen molar-refractivity contribution < 1.29 is 31.9 Å². The zero-order valence-electron chi connectivity index (χ0n) is 19.5. The van der Waals surface area contributed by atoms with Crippen molar-refractivity contribution in [1.82, 2.24) is 10.2 Å². The number of carbonyl (C=O) groups excluding carboxylic acids is 1. The van der Waals surface area contributed by atoms with Gasteiger partial charge in [-0.2, -0.15) is 13.2 Å². The van der Waals surface area contributed by atoms with E-state index in [0.717, 1.165) is 42.5 Å². The van der Waals surface area contributed by atoms with E-state index in [9.17, 15) is 22.4 Å². The molecule has 0 aliphatic carbocycles. The maximum absolute atomic E-state index is 14.3. The summed E-state index contributed by atoms with van der Waals surface area (Å²) in [5.41, 5.74) is -1.16. The third-order valence-electron chi connectivity index (χ3n) is 6.94. The lowest BCUT2D eigenvalue weighted by atomic mass is 9.89. The van der Waals surface area contributed by atoms with Crippen LogP contribution in [0.2, 0.25) is 10.0 Å². The molecule has 0 bridgehead atoms. The van der Waals surface area contributed by atoms with Gasteiger partial charge in [0.2, 0.25) is 0 Å². The Kier molecular flexibility index (Phi) is 7.02. The van der Waals surface area contributed by atoms with Crippen molar-refractivity contribution in [2.45, 2.75) is 56.7 Å². The van der Waals surface area contributed by atoms with Crippen LogP contribution < -0.4 is 5.32 Å². The van der Waals surface area contributed by atoms with Crippen molar-refractivity contribution in [3.05, 3.63) is 68.4 Å². The Balaban J connectivity index is 1.29. The monoisotopic (exact) mass is 559 g/mol. The molecule has 3 heterocycles. The molecule has 1 amide bonds. The summed E-state index contributed by atoms with van der Waals surface area (Å²) in [5.74, 6) is -1.17. The highest BCUT2D eigenvalue weighted by Crippen LogP contribution is 2.50. The first-order valence-corrected chi connectivity index (χ1v) is 12.6. The van der Waals surface area contributed by atoms with E-state index < -0.39 is 39.6 Å². The van der Waals surface area contributed by atoms with E-state index in [2.05, 4.69) is 10.5 Å². The molecule has 1 N–H and O–H groups in total. The van der Waals surface area contributed by atoms with Gasteiger partial charge in [0.05, 0.1) is 22.6 Å². The number of oxime groups is 1. The third kappa shape index (κ3) is 4.98. The fourth-order valence-corrected chi connectivity index (χ4v) is 5.33. The molecule has 3 aliphatic rings. The molecule has 0 radical (unpaired) electrons. The molecular formula is C25H23Cl2F4N3O3. The quantitative estimate of drug-likeness (QED) is 0.372. The highest BCUT2D eigenvalue weighted by molar-refractivity contribution is 6.35. The molecule has 2 aromatic rings. The van der Waals surface area contributed by atoms with E-state index in [4.69, 9.17) is 32.8 Å². The molecule has 1 fully saturated rings. The molecule has 2 unspecified atom stereocenters. The number of hydrogen-bond donors (Lipinski definition) is 1. The normalized spacial score (nSPS) is 23.5. The van der Waals surface area contributed by atoms with Crippen molar-refractivity contribution in [2.75, 3.05) is 13.2 Å². The number of alkyl halides is 3. The Bertz CT molecular complexity index is 1230. The van der Waals surface area contributed by atoms with Gasteiger partial charge in [-0.1, -0.05) is 34.4 Å². The highest BCUT2D eigenvalue weighted by atomic mass is 35.5. The van der Waals surface area contributed by atoms with E-state index in [-0.39, 0.29) is 24.4 Å². The van der Waals surface area contributed by atoms with Crippen LogP contribution in [0.5, 0.6) is 0 Å². The molecule has 5 rings (SSSR count). The van der Waals surface area contributed by atoms with Crippen molar-refractivity contribution in [2.24, 2.45) is 5.16 Å². The molecule has 3 aliphatic heterocycles. The molecule has 6 nitrogen and oxygen atoms in total. The van der Waals surface area contributed by atoms with E-state index >= 15 is 0 Å². The average Bonchev–Trinajstić information content (AvgIpc) is 3.51. The fraction of sp³-hybridized carbons (Fsp3) is 0.440. The van der Waals surface area contributed by atoms with Crippen molar-refractivity contribution in [3.63, 3.8) is 0 Å². The van der Waals surface area contributed by atoms with Crippen molar-refractivity contribution >= 4 is 34.9 Å². The van der Waals surface area contributed by atoms with Crippen LogP contribution in [0, 0.1) is 5.82 Å². The van der Waals surface area contributed by atoms with E-state index in [0.29, 0.717) is 25.3 Å². The first-order valence-electron chi connectivity index (χ1n) is 11.8. The van der Waals surface area contributed by atoms with Gasteiger partial charge in [0.15, 0.2) is 5.82 Å². The molecule has 2 atom stereocenters. The summed E-state index contributed by atoms with van der Waals surface area (Å²) in [6.45, 7) is 1.67. The maximum atomic E-state index is 14.3. The van der Waals surface area contributed by atoms with Crippen LogP contribution in [0.3, 0.4) is 0 Å². The molecule has 0 spiro atoms. The first kappa shape index (κ1) is 26.1. The second-order valence-electron chi connectivity index (χ2n) is 9.39. The second-order valence-corrected chi connectivity index (χ2v) is 10.2. The SMILES string of the molecule is O=C(NCC1CCCCO1)c1ccc2c(c1)CN(C1=NOC(c3cc(Cl)c(F)c(Cl)c3)(C(F)(F)F)C1)C2. The van der Waals surface area contributed by atoms with Gasteiger partial charge in [0, 0.05) is 37.4 Å². The van der Waals surface area contributed by atoms with Gasteiger partial charge in [0.1, 0.15) is 5.84 Å². The van der Waals surface area contributed by atoms with Gasteiger partial charge in [-0.25, -0.2) is 4.39 Å². The van der Waals surface area contributed by atoms with Crippen LogP contribution in [0.15, 0.2) is 35.5 Å². The minimum absolute atomic E-state index is 0.00256. The third-order valence-corrected chi connectivity index (χ3v) is 7.49. The minimum atomic E-state index is -4.89. The summed E-state index contributed by atoms with van der Waals surface area (Å²) in [5, 5.41) is 5.57. The van der Waals surface area contributed by atoms with Crippen molar-refractivity contribution in [1.29, 1.82) is 0 Å². The molecule has 198 valence electrons. The van der Waals surface area contributed by atoms with Crippen LogP contribution in [0.4, 0.5) is 17.6 Å². The maximum Gasteiger partial charge on any atom is 0.435 e. The second kappa shape index (κ2) is 9.96. The Labute approximate surface area is 220 Å². The molecule has 37 heavy (non-hydrogen) atoms. The highest BCUT2D eigenvalue weighted by Gasteiger charge is 2.63. The topological polar surface area (TPSA) is 63.2 Å². The van der Waals surface area contributed by atoms with E-state index in [1.807, 2.05) is 0 Å². The number of halogens is 6. The zero-order chi connectivity index (χ0) is 26.4. The summed E-state index contributed by atoms with van der Waals surface area (Å²) in [6.07, 6.45) is -2.53. The van der Waals surface area contributed by atoms with Crippen LogP contribution in [0.25, 0.3) is 0 Å². The summed E-state index contributed by atoms with van der Waals surface area (Å²) in [4.78, 5) is 19.3. The average molecular weight is 560 g/mol. The summed E-state index contributed by atoms with van der Waals surface area (Å²) >= 11 is 11.5. The summed E-state index contributed by atoms with van der Waals surface area (Å²) < 4.78 is 62.4. The largest absolute Gasteiger partial charge is 0.435 e. The molecule has 1 saturated heterocycles. The van der Waals surface area contributed by atoms with Gasteiger partial charge < -0.3 is 19.8 Å². The number of carbonyl (C=O) groups is 1. The Morgan fingerprint density at radius 3 is 2.54 bits per heavy atom. The molecule has 12 heteroatoms. The smallest absolute Gasteiger partial charge is 0.376 e. The van der Waals surface area contributed by atoms with Gasteiger partial charge in [0.25, 0.3) is 11.5 Å². The molecular weight excluding hydrogens is 537 g/mol. The number of amides is 1. The number of ether oxygens (including phenoxy) is 1. The lowest BCUT2D eigenvalue weighted by molar-refractivity contribution is -0.275. The van der Waals surface area contributed by atoms with E-state index in [1.54, 1.807) is 23.1 Å². The van der Waals surface area contributed by atoms with Crippen LogP contribution in [0.1, 0.15) is 52.7 Å². The number of hydrogen-bond acceptors (Lipinski definition) is 5. The predicted molar refractivity (Wildman–Crippen MR) is 129 cm³/mol.